The Morgan fingerprint density at radius 3 is 2.83 bits per heavy atom. The van der Waals surface area contributed by atoms with Crippen LogP contribution in [0.2, 0.25) is 0 Å². The van der Waals surface area contributed by atoms with Gasteiger partial charge in [0.05, 0.1) is 23.7 Å². The van der Waals surface area contributed by atoms with E-state index in [1.807, 2.05) is 41.9 Å². The molecule has 0 aliphatic carbocycles. The lowest BCUT2D eigenvalue weighted by atomic mass is 9.94. The number of aryl methyl sites for hydroxylation is 1. The van der Waals surface area contributed by atoms with Gasteiger partial charge in [-0.3, -0.25) is 14.3 Å². The Bertz CT molecular complexity index is 1040. The van der Waals surface area contributed by atoms with Gasteiger partial charge >= 0.3 is 0 Å². The fraction of sp³-hybridized carbons (Fsp3) is 0.364. The van der Waals surface area contributed by atoms with E-state index in [0.717, 1.165) is 24.2 Å². The summed E-state index contributed by atoms with van der Waals surface area (Å²) in [6.45, 7) is 4.70. The fourth-order valence-electron chi connectivity index (χ4n) is 3.71. The molecule has 1 aliphatic heterocycles. The predicted octanol–water partition coefficient (Wildman–Crippen LogP) is 2.73. The number of nitrogens with zero attached hydrogens (tertiary/aromatic N) is 3. The van der Waals surface area contributed by atoms with E-state index in [0.29, 0.717) is 36.1 Å². The summed E-state index contributed by atoms with van der Waals surface area (Å²) in [5, 5.41) is 10.2. The van der Waals surface area contributed by atoms with Crippen LogP contribution in [0, 0.1) is 5.92 Å². The van der Waals surface area contributed by atoms with Crippen LogP contribution < -0.4 is 10.6 Å². The molecule has 0 fully saturated rings. The third-order valence-electron chi connectivity index (χ3n) is 5.36. The summed E-state index contributed by atoms with van der Waals surface area (Å²) in [6.07, 6.45) is 4.91. The zero-order chi connectivity index (χ0) is 21.1. The molecule has 8 heteroatoms. The Hall–Kier alpha value is -3.42. The molecule has 2 atom stereocenters. The zero-order valence-electron chi connectivity index (χ0n) is 17.1. The maximum Gasteiger partial charge on any atom is 0.255 e. The predicted molar refractivity (Wildman–Crippen MR) is 111 cm³/mol. The molecule has 0 radical (unpaired) electrons. The van der Waals surface area contributed by atoms with Crippen molar-refractivity contribution in [3.05, 3.63) is 59.9 Å². The Kier molecular flexibility index (Phi) is 5.65. The molecule has 0 saturated carbocycles. The lowest BCUT2D eigenvalue weighted by Gasteiger charge is -2.24. The van der Waals surface area contributed by atoms with Crippen molar-refractivity contribution in [2.45, 2.75) is 39.3 Å². The molecule has 3 aromatic rings. The molecule has 4 rings (SSSR count). The summed E-state index contributed by atoms with van der Waals surface area (Å²) in [5.74, 6) is 1.16. The van der Waals surface area contributed by atoms with Gasteiger partial charge in [0.25, 0.3) is 5.91 Å². The number of nitrogens with one attached hydrogen (secondary N) is 2. The van der Waals surface area contributed by atoms with Crippen molar-refractivity contribution in [3.8, 4) is 11.3 Å². The first-order valence-corrected chi connectivity index (χ1v) is 10.1. The first-order valence-electron chi connectivity index (χ1n) is 10.1. The highest BCUT2D eigenvalue weighted by Crippen LogP contribution is 2.25. The molecule has 2 aromatic heterocycles. The number of benzene rings is 1. The minimum absolute atomic E-state index is 0.0401. The largest absolute Gasteiger partial charge is 0.438 e. The first kappa shape index (κ1) is 19.9. The standard InChI is InChI=1S/C22H25N5O3/c1-14(22-24-13-20(30-22)17-6-4-3-5-7-17)26-21(29)18-12-25-27-9-8-16(10-19(18)27)11-23-15(2)28/h3-7,12-14,16H,8-11H2,1-2H3,(H,23,28)(H,26,29)/t14-,16+/m0/s1. The summed E-state index contributed by atoms with van der Waals surface area (Å²) >= 11 is 0. The zero-order valence-corrected chi connectivity index (χ0v) is 17.1. The third-order valence-corrected chi connectivity index (χ3v) is 5.36. The van der Waals surface area contributed by atoms with Gasteiger partial charge in [0, 0.05) is 25.6 Å². The number of hydrogen-bond acceptors (Lipinski definition) is 5. The van der Waals surface area contributed by atoms with E-state index in [1.54, 1.807) is 12.4 Å². The summed E-state index contributed by atoms with van der Waals surface area (Å²) in [6, 6.07) is 9.32. The molecule has 0 saturated heterocycles. The number of oxazole rings is 1. The molecule has 8 nitrogen and oxygen atoms in total. The number of carbonyl (C=O) groups is 2. The number of hydrogen-bond donors (Lipinski definition) is 2. The van der Waals surface area contributed by atoms with Gasteiger partial charge < -0.3 is 15.1 Å². The average molecular weight is 407 g/mol. The molecule has 3 heterocycles. The maximum atomic E-state index is 12.9. The molecule has 1 aliphatic rings. The van der Waals surface area contributed by atoms with Crippen LogP contribution in [-0.4, -0.2) is 33.1 Å². The molecular formula is C22H25N5O3. The number of rotatable bonds is 6. The maximum absolute atomic E-state index is 12.9. The van der Waals surface area contributed by atoms with E-state index < -0.39 is 0 Å². The van der Waals surface area contributed by atoms with E-state index in [1.165, 1.54) is 6.92 Å². The van der Waals surface area contributed by atoms with E-state index in [4.69, 9.17) is 4.42 Å². The van der Waals surface area contributed by atoms with Crippen LogP contribution in [0.3, 0.4) is 0 Å². The van der Waals surface area contributed by atoms with Gasteiger partial charge in [-0.25, -0.2) is 4.98 Å². The summed E-state index contributed by atoms with van der Waals surface area (Å²) in [7, 11) is 0. The second-order valence-corrected chi connectivity index (χ2v) is 7.65. The molecular weight excluding hydrogens is 382 g/mol. The van der Waals surface area contributed by atoms with Crippen LogP contribution in [0.4, 0.5) is 0 Å². The second-order valence-electron chi connectivity index (χ2n) is 7.65. The SMILES string of the molecule is CC(=O)NC[C@@H]1CCn2ncc(C(=O)N[C@@H](C)c3ncc(-c4ccccc4)o3)c2C1. The Labute approximate surface area is 174 Å². The smallest absolute Gasteiger partial charge is 0.255 e. The third kappa shape index (κ3) is 4.27. The van der Waals surface area contributed by atoms with E-state index >= 15 is 0 Å². The summed E-state index contributed by atoms with van der Waals surface area (Å²) < 4.78 is 7.72. The quantitative estimate of drug-likeness (QED) is 0.654. The molecule has 2 amide bonds. The van der Waals surface area contributed by atoms with Crippen molar-refractivity contribution in [1.82, 2.24) is 25.4 Å². The van der Waals surface area contributed by atoms with Crippen molar-refractivity contribution < 1.29 is 14.0 Å². The van der Waals surface area contributed by atoms with Crippen molar-refractivity contribution in [2.24, 2.45) is 5.92 Å². The molecule has 1 aromatic carbocycles. The lowest BCUT2D eigenvalue weighted by Crippen LogP contribution is -2.33. The Morgan fingerprint density at radius 2 is 2.07 bits per heavy atom. The summed E-state index contributed by atoms with van der Waals surface area (Å²) in [5.41, 5.74) is 2.40. The van der Waals surface area contributed by atoms with Gasteiger partial charge in [-0.2, -0.15) is 5.10 Å². The van der Waals surface area contributed by atoms with Crippen LogP contribution >= 0.6 is 0 Å². The lowest BCUT2D eigenvalue weighted by molar-refractivity contribution is -0.119. The second kappa shape index (κ2) is 8.52. The molecule has 156 valence electrons. The highest BCUT2D eigenvalue weighted by Gasteiger charge is 2.26. The molecule has 0 unspecified atom stereocenters. The minimum Gasteiger partial charge on any atom is -0.438 e. The topological polar surface area (TPSA) is 102 Å². The number of fused-ring (bicyclic) bond motifs is 1. The van der Waals surface area contributed by atoms with E-state index in [2.05, 4.69) is 20.7 Å². The van der Waals surface area contributed by atoms with Crippen LogP contribution in [0.15, 0.2) is 47.1 Å². The van der Waals surface area contributed by atoms with Crippen LogP contribution in [-0.2, 0) is 17.8 Å². The number of amides is 2. The highest BCUT2D eigenvalue weighted by molar-refractivity contribution is 5.95. The monoisotopic (exact) mass is 407 g/mol. The average Bonchev–Trinajstić information content (AvgIpc) is 3.40. The minimum atomic E-state index is -0.385. The van der Waals surface area contributed by atoms with E-state index in [9.17, 15) is 9.59 Å². The fourth-order valence-corrected chi connectivity index (χ4v) is 3.71. The van der Waals surface area contributed by atoms with Crippen LogP contribution in [0.25, 0.3) is 11.3 Å². The van der Waals surface area contributed by atoms with Gasteiger partial charge in [0.2, 0.25) is 11.8 Å². The van der Waals surface area contributed by atoms with Gasteiger partial charge in [-0.1, -0.05) is 30.3 Å². The Balaban J connectivity index is 1.43. The van der Waals surface area contributed by atoms with Crippen molar-refractivity contribution in [1.29, 1.82) is 0 Å². The van der Waals surface area contributed by atoms with Crippen LogP contribution in [0.5, 0.6) is 0 Å². The molecule has 2 N–H and O–H groups in total. The van der Waals surface area contributed by atoms with E-state index in [-0.39, 0.29) is 17.9 Å². The first-order chi connectivity index (χ1) is 14.5. The molecule has 0 bridgehead atoms. The normalized spacial score (nSPS) is 16.5. The van der Waals surface area contributed by atoms with Crippen molar-refractivity contribution in [2.75, 3.05) is 6.54 Å². The molecule has 30 heavy (non-hydrogen) atoms. The van der Waals surface area contributed by atoms with Gasteiger partial charge in [0.1, 0.15) is 6.04 Å². The van der Waals surface area contributed by atoms with Crippen molar-refractivity contribution >= 4 is 11.8 Å². The van der Waals surface area contributed by atoms with Crippen molar-refractivity contribution in [3.63, 3.8) is 0 Å². The highest BCUT2D eigenvalue weighted by atomic mass is 16.4. The van der Waals surface area contributed by atoms with Gasteiger partial charge in [-0.05, 0) is 25.7 Å². The molecule has 0 spiro atoms. The number of carbonyl (C=O) groups excluding carboxylic acids is 2. The Morgan fingerprint density at radius 1 is 1.27 bits per heavy atom. The summed E-state index contributed by atoms with van der Waals surface area (Å²) in [4.78, 5) is 28.4. The number of aromatic nitrogens is 3. The van der Waals surface area contributed by atoms with Gasteiger partial charge in [0.15, 0.2) is 5.76 Å². The van der Waals surface area contributed by atoms with Gasteiger partial charge in [-0.15, -0.1) is 0 Å². The van der Waals surface area contributed by atoms with Crippen LogP contribution in [0.1, 0.15) is 48.3 Å².